The molecule has 8 aromatic rings. The van der Waals surface area contributed by atoms with Crippen LogP contribution >= 0.6 is 11.3 Å². The van der Waals surface area contributed by atoms with Crippen molar-refractivity contribution in [2.45, 2.75) is 5.41 Å². The fourth-order valence-corrected chi connectivity index (χ4v) is 8.95. The summed E-state index contributed by atoms with van der Waals surface area (Å²) in [4.78, 5) is 2.39. The first-order chi connectivity index (χ1) is 22.8. The van der Waals surface area contributed by atoms with Crippen LogP contribution in [0, 0.1) is 0 Å². The van der Waals surface area contributed by atoms with E-state index >= 15 is 0 Å². The molecule has 1 aromatic heterocycles. The van der Waals surface area contributed by atoms with Crippen molar-refractivity contribution in [3.05, 3.63) is 186 Å². The largest absolute Gasteiger partial charge is 0.457 e. The van der Waals surface area contributed by atoms with Gasteiger partial charge in [0.15, 0.2) is 0 Å². The predicted octanol–water partition coefficient (Wildman–Crippen LogP) is 12.0. The summed E-state index contributed by atoms with van der Waals surface area (Å²) >= 11 is 1.85. The third-order valence-electron chi connectivity index (χ3n) is 9.72. The summed E-state index contributed by atoms with van der Waals surface area (Å²) in [5, 5.41) is 2.60. The molecule has 10 rings (SSSR count). The summed E-state index contributed by atoms with van der Waals surface area (Å²) in [5.41, 5.74) is 10.4. The normalized spacial score (nSPS) is 13.6. The Balaban J connectivity index is 1.24. The molecule has 0 bridgehead atoms. The summed E-state index contributed by atoms with van der Waals surface area (Å²) in [6, 6.07) is 59.4. The van der Waals surface area contributed by atoms with Crippen LogP contribution in [0.4, 0.5) is 17.1 Å². The van der Waals surface area contributed by atoms with Crippen molar-refractivity contribution >= 4 is 48.6 Å². The average molecular weight is 606 g/mol. The second-order valence-electron chi connectivity index (χ2n) is 12.1. The van der Waals surface area contributed by atoms with Gasteiger partial charge >= 0.3 is 0 Å². The highest BCUT2D eigenvalue weighted by atomic mass is 32.1. The molecular weight excluding hydrogens is 579 g/mol. The molecule has 2 heterocycles. The Morgan fingerprint density at radius 2 is 1.00 bits per heavy atom. The lowest BCUT2D eigenvalue weighted by Gasteiger charge is -2.39. The smallest absolute Gasteiger partial charge is 0.132 e. The van der Waals surface area contributed by atoms with Gasteiger partial charge in [-0.15, -0.1) is 11.3 Å². The molecule has 2 aliphatic rings. The van der Waals surface area contributed by atoms with Gasteiger partial charge in [-0.05, 0) is 82.9 Å². The minimum Gasteiger partial charge on any atom is -0.457 e. The topological polar surface area (TPSA) is 12.5 Å². The highest BCUT2D eigenvalue weighted by Crippen LogP contribution is 2.62. The average Bonchev–Trinajstić information content (AvgIpc) is 3.63. The van der Waals surface area contributed by atoms with Crippen molar-refractivity contribution in [1.29, 1.82) is 0 Å². The van der Waals surface area contributed by atoms with Gasteiger partial charge in [-0.25, -0.2) is 0 Å². The van der Waals surface area contributed by atoms with Crippen LogP contribution in [0.1, 0.15) is 22.3 Å². The Morgan fingerprint density at radius 3 is 1.80 bits per heavy atom. The molecule has 1 aliphatic carbocycles. The number of hydrogen-bond acceptors (Lipinski definition) is 3. The van der Waals surface area contributed by atoms with Crippen LogP contribution in [0.25, 0.3) is 31.3 Å². The zero-order valence-corrected chi connectivity index (χ0v) is 25.7. The van der Waals surface area contributed by atoms with E-state index in [9.17, 15) is 0 Å². The molecular formula is C43H27NOS. The lowest BCUT2D eigenvalue weighted by Crippen LogP contribution is -2.32. The fraction of sp³-hybridized carbons (Fsp3) is 0.0233. The summed E-state index contributed by atoms with van der Waals surface area (Å²) in [6.07, 6.45) is 0. The van der Waals surface area contributed by atoms with Gasteiger partial charge in [-0.3, -0.25) is 0 Å². The van der Waals surface area contributed by atoms with Crippen molar-refractivity contribution in [2.24, 2.45) is 0 Å². The van der Waals surface area contributed by atoms with E-state index in [0.29, 0.717) is 0 Å². The zero-order chi connectivity index (χ0) is 30.2. The summed E-state index contributed by atoms with van der Waals surface area (Å²) in [7, 11) is 0. The first kappa shape index (κ1) is 25.7. The van der Waals surface area contributed by atoms with Gasteiger partial charge in [-0.2, -0.15) is 0 Å². The standard InChI is InChI=1S/C43H27NOS/c1-2-12-28(13-3-1)44(30-23-25-42-34(27-30)32-15-5-11-21-41(32)46-42)29-22-24-36-33(26-29)31-14-4-6-16-35(31)43(36)37-17-7-9-19-39(37)45-40-20-10-8-18-38(40)43/h1-27H. The minimum atomic E-state index is -0.470. The molecule has 7 aromatic carbocycles. The predicted molar refractivity (Wildman–Crippen MR) is 191 cm³/mol. The monoisotopic (exact) mass is 605 g/mol. The summed E-state index contributed by atoms with van der Waals surface area (Å²) in [5.74, 6) is 1.82. The number of rotatable bonds is 3. The lowest BCUT2D eigenvalue weighted by atomic mass is 9.66. The van der Waals surface area contributed by atoms with Crippen molar-refractivity contribution in [3.63, 3.8) is 0 Å². The lowest BCUT2D eigenvalue weighted by molar-refractivity contribution is 0.436. The maximum atomic E-state index is 6.52. The Hall–Kier alpha value is -5.64. The van der Waals surface area contributed by atoms with Crippen LogP contribution in [0.3, 0.4) is 0 Å². The SMILES string of the molecule is c1ccc(N(c2ccc3c(c2)-c2ccccc2C32c3ccccc3Oc3ccccc32)c2ccc3sc4ccccc4c3c2)cc1. The van der Waals surface area contributed by atoms with Gasteiger partial charge in [0.1, 0.15) is 11.5 Å². The molecule has 216 valence electrons. The second-order valence-corrected chi connectivity index (χ2v) is 13.2. The van der Waals surface area contributed by atoms with E-state index in [1.807, 2.05) is 11.3 Å². The Bertz CT molecular complexity index is 2430. The zero-order valence-electron chi connectivity index (χ0n) is 24.9. The van der Waals surface area contributed by atoms with Gasteiger partial charge < -0.3 is 9.64 Å². The van der Waals surface area contributed by atoms with Crippen molar-refractivity contribution < 1.29 is 4.74 Å². The molecule has 0 N–H and O–H groups in total. The molecule has 0 fully saturated rings. The van der Waals surface area contributed by atoms with E-state index in [4.69, 9.17) is 4.74 Å². The first-order valence-corrected chi connectivity index (χ1v) is 16.5. The molecule has 0 amide bonds. The molecule has 0 unspecified atom stereocenters. The molecule has 46 heavy (non-hydrogen) atoms. The number of ether oxygens (including phenoxy) is 1. The van der Waals surface area contributed by atoms with Gasteiger partial charge in [0.25, 0.3) is 0 Å². The van der Waals surface area contributed by atoms with E-state index in [2.05, 4.69) is 169 Å². The maximum Gasteiger partial charge on any atom is 0.132 e. The number of para-hydroxylation sites is 3. The van der Waals surface area contributed by atoms with Crippen LogP contribution in [0.5, 0.6) is 11.5 Å². The highest BCUT2D eigenvalue weighted by Gasteiger charge is 2.51. The van der Waals surface area contributed by atoms with E-state index in [1.165, 1.54) is 53.6 Å². The molecule has 2 nitrogen and oxygen atoms in total. The molecule has 3 heteroatoms. The van der Waals surface area contributed by atoms with Gasteiger partial charge in [0, 0.05) is 48.4 Å². The van der Waals surface area contributed by atoms with E-state index < -0.39 is 5.41 Å². The summed E-state index contributed by atoms with van der Waals surface area (Å²) in [6.45, 7) is 0. The minimum absolute atomic E-state index is 0.470. The maximum absolute atomic E-state index is 6.52. The number of hydrogen-bond donors (Lipinski definition) is 0. The molecule has 1 aliphatic heterocycles. The number of fused-ring (bicyclic) bond motifs is 12. The number of benzene rings is 7. The molecule has 0 saturated carbocycles. The number of nitrogens with zero attached hydrogens (tertiary/aromatic N) is 1. The molecule has 0 saturated heterocycles. The highest BCUT2D eigenvalue weighted by molar-refractivity contribution is 7.25. The van der Waals surface area contributed by atoms with Crippen molar-refractivity contribution in [1.82, 2.24) is 0 Å². The Kier molecular flexibility index (Phi) is 5.40. The van der Waals surface area contributed by atoms with Crippen LogP contribution in [-0.2, 0) is 5.41 Å². The first-order valence-electron chi connectivity index (χ1n) is 15.7. The van der Waals surface area contributed by atoms with Gasteiger partial charge in [0.2, 0.25) is 0 Å². The van der Waals surface area contributed by atoms with Crippen LogP contribution in [0.2, 0.25) is 0 Å². The Labute approximate surface area is 271 Å². The van der Waals surface area contributed by atoms with Crippen LogP contribution in [-0.4, -0.2) is 0 Å². The quantitative estimate of drug-likeness (QED) is 0.199. The Morgan fingerprint density at radius 1 is 0.413 bits per heavy atom. The van der Waals surface area contributed by atoms with Crippen LogP contribution < -0.4 is 9.64 Å². The van der Waals surface area contributed by atoms with E-state index in [-0.39, 0.29) is 0 Å². The third-order valence-corrected chi connectivity index (χ3v) is 10.9. The summed E-state index contributed by atoms with van der Waals surface area (Å²) < 4.78 is 9.15. The van der Waals surface area contributed by atoms with Crippen molar-refractivity contribution in [2.75, 3.05) is 4.90 Å². The fourth-order valence-electron chi connectivity index (χ4n) is 7.86. The van der Waals surface area contributed by atoms with E-state index in [1.54, 1.807) is 0 Å². The van der Waals surface area contributed by atoms with Crippen LogP contribution in [0.15, 0.2) is 164 Å². The second kappa shape index (κ2) is 9.68. The van der Waals surface area contributed by atoms with Crippen molar-refractivity contribution in [3.8, 4) is 22.6 Å². The third kappa shape index (κ3) is 3.46. The molecule has 1 spiro atoms. The number of thiophene rings is 1. The number of anilines is 3. The van der Waals surface area contributed by atoms with E-state index in [0.717, 1.165) is 28.6 Å². The molecule has 0 radical (unpaired) electrons. The molecule has 0 atom stereocenters. The van der Waals surface area contributed by atoms with Gasteiger partial charge in [0.05, 0.1) is 5.41 Å². The van der Waals surface area contributed by atoms with Gasteiger partial charge in [-0.1, -0.05) is 103 Å².